The fraction of sp³-hybridized carbons (Fsp3) is 0.333. The summed E-state index contributed by atoms with van der Waals surface area (Å²) in [5.41, 5.74) is 0.129. The number of hydrogen-bond donors (Lipinski definition) is 4. The molecule has 0 aliphatic carbocycles. The second-order valence-electron chi connectivity index (χ2n) is 4.05. The molecule has 0 aromatic heterocycles. The van der Waals surface area contributed by atoms with Crippen molar-refractivity contribution in [1.29, 1.82) is 0 Å². The Morgan fingerprint density at radius 2 is 1.90 bits per heavy atom. The van der Waals surface area contributed by atoms with Crippen molar-refractivity contribution in [2.75, 3.05) is 5.23 Å². The lowest BCUT2D eigenvalue weighted by molar-refractivity contribution is -0.145. The maximum absolute atomic E-state index is 11.2. The van der Waals surface area contributed by atoms with Crippen LogP contribution in [0.25, 0.3) is 0 Å². The molecule has 1 aromatic carbocycles. The van der Waals surface area contributed by atoms with Gasteiger partial charge in [-0.15, -0.1) is 0 Å². The van der Waals surface area contributed by atoms with Gasteiger partial charge < -0.3 is 26.0 Å². The molecule has 8 nitrogen and oxygen atoms in total. The normalized spacial score (nSPS) is 13.4. The highest BCUT2D eigenvalue weighted by Crippen LogP contribution is 2.21. The number of aliphatic hydroxyl groups excluding tert-OH is 1. The number of nitrogens with one attached hydrogen (secondary N) is 1. The van der Waals surface area contributed by atoms with Crippen molar-refractivity contribution < 1.29 is 25.0 Å². The summed E-state index contributed by atoms with van der Waals surface area (Å²) in [7, 11) is 0. The molecule has 0 saturated carbocycles. The molecule has 0 radical (unpaired) electrons. The lowest BCUT2D eigenvalue weighted by Gasteiger charge is -2.23. The summed E-state index contributed by atoms with van der Waals surface area (Å²) in [4.78, 5) is 22.3. The molecular weight excluding hydrogens is 268 g/mol. The molecule has 4 N–H and O–H groups in total. The fourth-order valence-corrected chi connectivity index (χ4v) is 1.54. The van der Waals surface area contributed by atoms with Crippen LogP contribution in [0.5, 0.6) is 0 Å². The number of carbonyl (C=O) groups excluding carboxylic acids is 1. The van der Waals surface area contributed by atoms with Crippen molar-refractivity contribution >= 4 is 17.6 Å². The summed E-state index contributed by atoms with van der Waals surface area (Å²) in [6, 6.07) is 3.51. The topological polar surface area (TPSA) is 133 Å². The van der Waals surface area contributed by atoms with E-state index in [1.165, 1.54) is 24.3 Å². The maximum atomic E-state index is 11.2. The number of carboxylic acids is 1. The molecule has 8 heteroatoms. The third kappa shape index (κ3) is 3.92. The minimum atomic E-state index is -1.49. The quantitative estimate of drug-likeness (QED) is 0.555. The average Bonchev–Trinajstić information content (AvgIpc) is 2.43. The predicted molar refractivity (Wildman–Crippen MR) is 68.9 cm³/mol. The highest BCUT2D eigenvalue weighted by molar-refractivity contribution is 5.84. The van der Waals surface area contributed by atoms with Crippen LogP contribution in [0.4, 0.5) is 5.69 Å². The number of hydrogen-bond acceptors (Lipinski definition) is 6. The molecule has 0 spiro atoms. The van der Waals surface area contributed by atoms with Crippen LogP contribution in [0.3, 0.4) is 0 Å². The first kappa shape index (κ1) is 15.9. The maximum Gasteiger partial charge on any atom is 0.329 e. The summed E-state index contributed by atoms with van der Waals surface area (Å²) in [5, 5.41) is 40.1. The summed E-state index contributed by atoms with van der Waals surface area (Å²) in [6.45, 7) is 1.56. The van der Waals surface area contributed by atoms with Gasteiger partial charge in [-0.05, 0) is 17.7 Å². The van der Waals surface area contributed by atoms with Gasteiger partial charge in [0.15, 0.2) is 6.04 Å². The number of amides is 1. The second-order valence-corrected chi connectivity index (χ2v) is 4.05. The first-order valence-corrected chi connectivity index (χ1v) is 5.83. The average molecular weight is 283 g/mol. The fourth-order valence-electron chi connectivity index (χ4n) is 1.54. The number of carboxylic acid groups (broad SMARTS) is 1. The smallest absolute Gasteiger partial charge is 0.329 e. The number of nitrogens with zero attached hydrogens (tertiary/aromatic N) is 1. The lowest BCUT2D eigenvalue weighted by atomic mass is 10.0. The molecule has 1 aromatic rings. The zero-order chi connectivity index (χ0) is 15.3. The Hall–Kier alpha value is -2.16. The molecule has 110 valence electrons. The van der Waals surface area contributed by atoms with Crippen molar-refractivity contribution in [3.05, 3.63) is 35.0 Å². The molecule has 0 aliphatic heterocycles. The highest BCUT2D eigenvalue weighted by atomic mass is 16.8. The van der Waals surface area contributed by atoms with E-state index in [0.29, 0.717) is 0 Å². The van der Waals surface area contributed by atoms with E-state index < -0.39 is 24.0 Å². The third-order valence-corrected chi connectivity index (χ3v) is 2.67. The molecule has 0 fully saturated rings. The van der Waals surface area contributed by atoms with Gasteiger partial charge in [-0.3, -0.25) is 10.0 Å². The molecule has 1 rings (SSSR count). The predicted octanol–water partition coefficient (Wildman–Crippen LogP) is 0.393. The van der Waals surface area contributed by atoms with Crippen LogP contribution < -0.4 is 10.5 Å². The summed E-state index contributed by atoms with van der Waals surface area (Å²) in [6.07, 6.45) is -1.39. The van der Waals surface area contributed by atoms with Gasteiger partial charge in [0.05, 0.1) is 5.69 Å². The van der Waals surface area contributed by atoms with E-state index in [-0.39, 0.29) is 22.9 Å². The van der Waals surface area contributed by atoms with E-state index in [2.05, 4.69) is 5.32 Å². The summed E-state index contributed by atoms with van der Waals surface area (Å²) < 4.78 is 0. The Labute approximate surface area is 114 Å². The molecule has 20 heavy (non-hydrogen) atoms. The molecule has 0 bridgehead atoms. The van der Waals surface area contributed by atoms with Crippen molar-refractivity contribution in [1.82, 2.24) is 5.32 Å². The van der Waals surface area contributed by atoms with Gasteiger partial charge in [-0.1, -0.05) is 19.1 Å². The Morgan fingerprint density at radius 3 is 2.30 bits per heavy atom. The van der Waals surface area contributed by atoms with Crippen molar-refractivity contribution in [2.24, 2.45) is 0 Å². The Kier molecular flexibility index (Phi) is 5.44. The lowest BCUT2D eigenvalue weighted by Crippen LogP contribution is -2.44. The number of anilines is 1. The summed E-state index contributed by atoms with van der Waals surface area (Å²) >= 11 is 0. The van der Waals surface area contributed by atoms with Crippen molar-refractivity contribution in [2.45, 2.75) is 25.5 Å². The largest absolute Gasteiger partial charge is 0.733 e. The van der Waals surface area contributed by atoms with Gasteiger partial charge >= 0.3 is 5.97 Å². The molecule has 1 amide bonds. The van der Waals surface area contributed by atoms with Crippen molar-refractivity contribution in [3.8, 4) is 0 Å². The van der Waals surface area contributed by atoms with E-state index in [1.807, 2.05) is 0 Å². The van der Waals surface area contributed by atoms with Crippen LogP contribution in [-0.2, 0) is 9.59 Å². The van der Waals surface area contributed by atoms with E-state index >= 15 is 0 Å². The molecule has 0 saturated heterocycles. The highest BCUT2D eigenvalue weighted by Gasteiger charge is 2.29. The van der Waals surface area contributed by atoms with Crippen LogP contribution in [0, 0.1) is 5.21 Å². The Balaban J connectivity index is 2.91. The van der Waals surface area contributed by atoms with Gasteiger partial charge in [0.25, 0.3) is 0 Å². The van der Waals surface area contributed by atoms with Gasteiger partial charge in [-0.2, -0.15) is 0 Å². The van der Waals surface area contributed by atoms with E-state index in [4.69, 9.17) is 10.3 Å². The number of aliphatic carboxylic acids is 1. The number of rotatable bonds is 6. The summed E-state index contributed by atoms with van der Waals surface area (Å²) in [5.74, 6) is -1.88. The molecule has 0 aliphatic rings. The third-order valence-electron chi connectivity index (χ3n) is 2.67. The van der Waals surface area contributed by atoms with Crippen LogP contribution in [0.1, 0.15) is 25.0 Å². The Bertz CT molecular complexity index is 473. The molecule has 2 atom stereocenters. The SMILES string of the molecule is CCC(=O)N[C@H](C(=O)O)[C@H](O)c1ccc(N([O-])O)cc1. The van der Waals surface area contributed by atoms with E-state index in [1.54, 1.807) is 6.92 Å². The molecule has 0 heterocycles. The van der Waals surface area contributed by atoms with Gasteiger partial charge in [-0.25, -0.2) is 4.79 Å². The molecule has 0 unspecified atom stereocenters. The standard InChI is InChI=1S/C12H15N2O6/c1-2-9(15)13-10(12(17)18)11(16)7-3-5-8(6-4-7)14(19)20/h3-6,10-11,16,19H,2H2,1H3,(H,13,15)(H,17,18)/q-1/t10-,11+/m0/s1. The van der Waals surface area contributed by atoms with E-state index in [0.717, 1.165) is 0 Å². The van der Waals surface area contributed by atoms with Gasteiger partial charge in [0.2, 0.25) is 5.91 Å². The minimum absolute atomic E-state index is 0.0644. The van der Waals surface area contributed by atoms with Crippen LogP contribution >= 0.6 is 0 Å². The zero-order valence-corrected chi connectivity index (χ0v) is 10.7. The second kappa shape index (κ2) is 6.85. The first-order chi connectivity index (χ1) is 9.36. The van der Waals surface area contributed by atoms with Crippen LogP contribution in [0.2, 0.25) is 0 Å². The van der Waals surface area contributed by atoms with Gasteiger partial charge in [0.1, 0.15) is 6.10 Å². The number of carbonyl (C=O) groups is 2. The molecular formula is C12H15N2O6-. The number of aliphatic hydroxyl groups is 1. The van der Waals surface area contributed by atoms with Crippen LogP contribution in [0.15, 0.2) is 24.3 Å². The Morgan fingerprint density at radius 1 is 1.35 bits per heavy atom. The minimum Gasteiger partial charge on any atom is -0.733 e. The zero-order valence-electron chi connectivity index (χ0n) is 10.7. The van der Waals surface area contributed by atoms with Gasteiger partial charge in [0, 0.05) is 6.42 Å². The van der Waals surface area contributed by atoms with E-state index in [9.17, 15) is 19.9 Å². The first-order valence-electron chi connectivity index (χ1n) is 5.83. The number of benzene rings is 1. The van der Waals surface area contributed by atoms with Crippen molar-refractivity contribution in [3.63, 3.8) is 0 Å². The monoisotopic (exact) mass is 283 g/mol. The van der Waals surface area contributed by atoms with Crippen LogP contribution in [-0.4, -0.2) is 33.3 Å².